The van der Waals surface area contributed by atoms with E-state index in [0.29, 0.717) is 0 Å². The van der Waals surface area contributed by atoms with E-state index in [4.69, 9.17) is 11.6 Å². The Hall–Kier alpha value is 0.858. The van der Waals surface area contributed by atoms with E-state index in [9.17, 15) is 4.79 Å². The van der Waals surface area contributed by atoms with Crippen molar-refractivity contribution in [3.63, 3.8) is 0 Å². The Labute approximate surface area is 57.6 Å². The minimum Gasteiger partial charge on any atom is -0.232 e. The van der Waals surface area contributed by atoms with Crippen LogP contribution < -0.4 is 0 Å². The molecule has 38 valence electrons. The van der Waals surface area contributed by atoms with Gasteiger partial charge in [0.1, 0.15) is 10.7 Å². The van der Waals surface area contributed by atoms with E-state index >= 15 is 0 Å². The summed E-state index contributed by atoms with van der Waals surface area (Å²) in [5.41, 5.74) is 0. The van der Waals surface area contributed by atoms with E-state index in [2.05, 4.69) is 0 Å². The predicted molar refractivity (Wildman–Crippen MR) is 24.8 cm³/mol. The molecule has 0 bridgehead atoms. The first-order chi connectivity index (χ1) is 2.27. The first kappa shape index (κ1) is 9.97. The molecule has 0 radical (unpaired) electrons. The van der Waals surface area contributed by atoms with Crippen molar-refractivity contribution in [2.24, 2.45) is 0 Å². The number of rotatable bonds is 0. The van der Waals surface area contributed by atoms with Crippen LogP contribution in [0.15, 0.2) is 4.77 Å². The zero-order chi connectivity index (χ0) is 4.28. The number of hydrogen-bond acceptors (Lipinski definition) is 1. The van der Waals surface area contributed by atoms with E-state index in [-0.39, 0.29) is 25.8 Å². The summed E-state index contributed by atoms with van der Waals surface area (Å²) in [4.78, 5) is 9.19. The van der Waals surface area contributed by atoms with E-state index in [0.717, 1.165) is 0 Å². The van der Waals surface area contributed by atoms with Crippen LogP contribution in [0.5, 0.6) is 0 Å². The van der Waals surface area contributed by atoms with Crippen LogP contribution in [-0.2, 0) is 25.9 Å². The van der Waals surface area contributed by atoms with Crippen molar-refractivity contribution < 1.29 is 25.9 Å². The fourth-order valence-corrected chi connectivity index (χ4v) is 0. The average Bonchev–Trinajstić information content (AvgIpc) is 1.38. The molecule has 0 N–H and O–H groups in total. The molecule has 0 aromatic carbocycles. The van der Waals surface area contributed by atoms with Crippen LogP contribution in [0.2, 0.25) is 0 Å². The van der Waals surface area contributed by atoms with Crippen LogP contribution in [0.1, 0.15) is 0 Å². The van der Waals surface area contributed by atoms with Crippen LogP contribution in [0.3, 0.4) is 0 Å². The molecule has 0 heterocycles. The molecule has 0 saturated heterocycles. The summed E-state index contributed by atoms with van der Waals surface area (Å²) in [7, 11) is 1.99. The second-order valence-electron chi connectivity index (χ2n) is 0.450. The van der Waals surface area contributed by atoms with Crippen molar-refractivity contribution in [2.75, 3.05) is 0 Å². The van der Waals surface area contributed by atoms with Gasteiger partial charge in [-0.15, -0.1) is 0 Å². The van der Waals surface area contributed by atoms with Crippen LogP contribution in [0.4, 0.5) is 0 Å². The Morgan fingerprint density at radius 1 is 1.83 bits per heavy atom. The van der Waals surface area contributed by atoms with E-state index in [1.54, 1.807) is 0 Å². The Kier molecular flexibility index (Phi) is 9.74. The number of carbonyl (C=O) groups excluding carboxylic acids is 1. The van der Waals surface area contributed by atoms with Crippen LogP contribution >= 0.6 is 20.8 Å². The van der Waals surface area contributed by atoms with Gasteiger partial charge in [-0.2, -0.15) is 0 Å². The van der Waals surface area contributed by atoms with Gasteiger partial charge in [-0.1, -0.05) is 20.8 Å². The summed E-state index contributed by atoms with van der Waals surface area (Å²) in [6.45, 7) is 0. The summed E-state index contributed by atoms with van der Waals surface area (Å²) >= 11 is 4.92. The van der Waals surface area contributed by atoms with Gasteiger partial charge >= 0.3 is 0 Å². The first-order valence-corrected chi connectivity index (χ1v) is 1.89. The Morgan fingerprint density at radius 2 is 2.00 bits per heavy atom. The van der Waals surface area contributed by atoms with Gasteiger partial charge in [0.25, 0.3) is 0 Å². The van der Waals surface area contributed by atoms with E-state index in [1.807, 2.05) is 9.24 Å². The van der Waals surface area contributed by atoms with Gasteiger partial charge in [-0.05, 0) is 0 Å². The molecule has 0 aliphatic rings. The van der Waals surface area contributed by atoms with Gasteiger partial charge in [0.05, 0.1) is 0 Å². The molecule has 1 unspecified atom stereocenters. The fourth-order valence-electron chi connectivity index (χ4n) is 0. The standard InChI is InChI=1S/C2H2ClOP.Pt/c3-2(5)1-4;/h5H2;. The minimum absolute atomic E-state index is 0. The molecule has 1 atom stereocenters. The van der Waals surface area contributed by atoms with Crippen molar-refractivity contribution in [3.05, 3.63) is 4.77 Å². The Bertz CT molecular complexity index is 73.6. The molecule has 0 rings (SSSR count). The van der Waals surface area contributed by atoms with Gasteiger partial charge < -0.3 is 0 Å². The maximum atomic E-state index is 9.19. The van der Waals surface area contributed by atoms with Gasteiger partial charge in [0.15, 0.2) is 0 Å². The molecular formula is C2H2ClOPPt. The monoisotopic (exact) mass is 303 g/mol. The van der Waals surface area contributed by atoms with Crippen LogP contribution in [-0.4, -0.2) is 5.94 Å². The third-order valence-corrected chi connectivity index (χ3v) is 0.293. The molecule has 1 nitrogen and oxygen atoms in total. The van der Waals surface area contributed by atoms with Crippen LogP contribution in [0, 0.1) is 0 Å². The molecule has 0 aromatic rings. The van der Waals surface area contributed by atoms with E-state index in [1.165, 1.54) is 5.94 Å². The zero-order valence-corrected chi connectivity index (χ0v) is 6.86. The molecule has 4 heteroatoms. The van der Waals surface area contributed by atoms with E-state index < -0.39 is 0 Å². The van der Waals surface area contributed by atoms with Crippen molar-refractivity contribution >= 4 is 26.8 Å². The quantitative estimate of drug-likeness (QED) is 0.477. The smallest absolute Gasteiger partial charge is 0.144 e. The molecule has 0 aromatic heterocycles. The summed E-state index contributed by atoms with van der Waals surface area (Å²) in [5.74, 6) is 1.42. The molecule has 0 aliphatic heterocycles. The van der Waals surface area contributed by atoms with Crippen molar-refractivity contribution in [3.8, 4) is 0 Å². The topological polar surface area (TPSA) is 17.1 Å². The molecule has 6 heavy (non-hydrogen) atoms. The largest absolute Gasteiger partial charge is 0.232 e. The van der Waals surface area contributed by atoms with Gasteiger partial charge in [-0.25, -0.2) is 4.79 Å². The molecule has 0 fully saturated rings. The van der Waals surface area contributed by atoms with Gasteiger partial charge in [0.2, 0.25) is 0 Å². The minimum atomic E-state index is 0. The third kappa shape index (κ3) is 8.85. The SMILES string of the molecule is O=C=C(P)Cl.[Pt]. The Balaban J connectivity index is 0. The molecule has 0 spiro atoms. The summed E-state index contributed by atoms with van der Waals surface area (Å²) in [6.07, 6.45) is 0. The average molecular weight is 304 g/mol. The van der Waals surface area contributed by atoms with Gasteiger partial charge in [0, 0.05) is 21.1 Å². The van der Waals surface area contributed by atoms with Crippen molar-refractivity contribution in [1.82, 2.24) is 0 Å². The number of hydrogen-bond donors (Lipinski definition) is 0. The summed E-state index contributed by atoms with van der Waals surface area (Å²) in [6, 6.07) is 0. The predicted octanol–water partition coefficient (Wildman–Crippen LogP) is 0.771. The third-order valence-electron chi connectivity index (χ3n) is 0.0975. The van der Waals surface area contributed by atoms with Gasteiger partial charge in [-0.3, -0.25) is 0 Å². The second-order valence-corrected chi connectivity index (χ2v) is 1.80. The van der Waals surface area contributed by atoms with Crippen molar-refractivity contribution in [2.45, 2.75) is 0 Å². The number of halogens is 1. The van der Waals surface area contributed by atoms with Crippen LogP contribution in [0.25, 0.3) is 0 Å². The second kappa shape index (κ2) is 5.86. The summed E-state index contributed by atoms with van der Waals surface area (Å²) in [5, 5.41) is 0. The maximum absolute atomic E-state index is 9.19. The normalized spacial score (nSPS) is 5.00. The maximum Gasteiger partial charge on any atom is 0.144 e. The van der Waals surface area contributed by atoms with Crippen molar-refractivity contribution in [1.29, 1.82) is 0 Å². The first-order valence-electron chi connectivity index (χ1n) is 0.932. The molecular weight excluding hydrogens is 302 g/mol. The summed E-state index contributed by atoms with van der Waals surface area (Å²) < 4.78 is 0.0880. The zero-order valence-electron chi connectivity index (χ0n) is 2.68. The fraction of sp³-hybridized carbons (Fsp3) is 0. The molecule has 0 amide bonds. The Morgan fingerprint density at radius 3 is 2.00 bits per heavy atom. The molecule has 0 saturated carbocycles. The molecule has 0 aliphatic carbocycles.